The van der Waals surface area contributed by atoms with Crippen LogP contribution in [0.2, 0.25) is 0 Å². The Hall–Kier alpha value is -2.82. The van der Waals surface area contributed by atoms with E-state index in [4.69, 9.17) is 4.74 Å². The van der Waals surface area contributed by atoms with Crippen LogP contribution in [0.4, 0.5) is 0 Å². The summed E-state index contributed by atoms with van der Waals surface area (Å²) in [6.07, 6.45) is 8.55. The van der Waals surface area contributed by atoms with E-state index in [9.17, 15) is 9.90 Å². The average molecular weight is 298 g/mol. The predicted octanol–water partition coefficient (Wildman–Crippen LogP) is 2.76. The van der Waals surface area contributed by atoms with E-state index in [0.29, 0.717) is 23.3 Å². The number of nitrogens with zero attached hydrogens (tertiary/aromatic N) is 2. The number of carbonyl (C=O) groups is 1. The molecule has 0 saturated heterocycles. The molecule has 2 rings (SSSR count). The third kappa shape index (κ3) is 3.44. The van der Waals surface area contributed by atoms with Crippen molar-refractivity contribution < 1.29 is 14.6 Å². The van der Waals surface area contributed by atoms with Crippen molar-refractivity contribution in [3.63, 3.8) is 0 Å². The number of rotatable bonds is 6. The van der Waals surface area contributed by atoms with E-state index in [-0.39, 0.29) is 11.5 Å². The van der Waals surface area contributed by atoms with Crippen molar-refractivity contribution in [2.24, 2.45) is 7.05 Å². The van der Waals surface area contributed by atoms with Gasteiger partial charge in [0.05, 0.1) is 18.9 Å². The van der Waals surface area contributed by atoms with Crippen molar-refractivity contribution in [2.75, 3.05) is 7.11 Å². The maximum atomic E-state index is 12.0. The molecule has 1 aromatic heterocycles. The van der Waals surface area contributed by atoms with Crippen LogP contribution in [0.25, 0.3) is 6.08 Å². The normalized spacial score (nSPS) is 10.8. The summed E-state index contributed by atoms with van der Waals surface area (Å²) in [5.74, 6) is 0.330. The molecule has 0 spiro atoms. The number of aryl methyl sites for hydroxylation is 1. The summed E-state index contributed by atoms with van der Waals surface area (Å²) in [6.45, 7) is 3.67. The Kier molecular flexibility index (Phi) is 4.78. The van der Waals surface area contributed by atoms with Gasteiger partial charge in [0.2, 0.25) is 0 Å². The first-order chi connectivity index (χ1) is 10.5. The summed E-state index contributed by atoms with van der Waals surface area (Å²) in [4.78, 5) is 12.0. The van der Waals surface area contributed by atoms with E-state index in [1.165, 1.54) is 19.4 Å². The third-order valence-electron chi connectivity index (χ3n) is 3.18. The van der Waals surface area contributed by atoms with Crippen molar-refractivity contribution in [1.29, 1.82) is 0 Å². The lowest BCUT2D eigenvalue weighted by Gasteiger charge is -2.09. The van der Waals surface area contributed by atoms with Gasteiger partial charge in [-0.25, -0.2) is 0 Å². The van der Waals surface area contributed by atoms with Crippen molar-refractivity contribution in [3.05, 3.63) is 59.9 Å². The zero-order valence-corrected chi connectivity index (χ0v) is 12.6. The number of aromatic nitrogens is 2. The minimum atomic E-state index is -0.134. The van der Waals surface area contributed by atoms with Gasteiger partial charge in [-0.2, -0.15) is 5.10 Å². The lowest BCUT2D eigenvalue weighted by molar-refractivity contribution is 0.104. The van der Waals surface area contributed by atoms with Crippen molar-refractivity contribution in [3.8, 4) is 11.5 Å². The van der Waals surface area contributed by atoms with Gasteiger partial charge >= 0.3 is 0 Å². The number of aromatic hydroxyl groups is 1. The van der Waals surface area contributed by atoms with Crippen LogP contribution >= 0.6 is 0 Å². The molecule has 1 heterocycles. The summed E-state index contributed by atoms with van der Waals surface area (Å²) >= 11 is 0. The number of carbonyl (C=O) groups excluding carboxylic acids is 1. The molecule has 2 aromatic rings. The number of allylic oxidation sites excluding steroid dienone is 2. The highest BCUT2D eigenvalue weighted by atomic mass is 16.5. The van der Waals surface area contributed by atoms with Gasteiger partial charge in [-0.3, -0.25) is 9.48 Å². The molecule has 1 aromatic carbocycles. The van der Waals surface area contributed by atoms with Crippen LogP contribution in [0.3, 0.4) is 0 Å². The highest BCUT2D eigenvalue weighted by Crippen LogP contribution is 2.32. The van der Waals surface area contributed by atoms with Crippen LogP contribution in [0.15, 0.2) is 43.3 Å². The Morgan fingerprint density at radius 1 is 1.50 bits per heavy atom. The minimum Gasteiger partial charge on any atom is -0.504 e. The number of ether oxygens (including phenoxy) is 1. The molecular weight excluding hydrogens is 280 g/mol. The van der Waals surface area contributed by atoms with Crippen molar-refractivity contribution in [1.82, 2.24) is 9.78 Å². The fourth-order valence-electron chi connectivity index (χ4n) is 2.07. The number of methoxy groups -OCH3 is 1. The maximum Gasteiger partial charge on any atom is 0.189 e. The van der Waals surface area contributed by atoms with E-state index in [1.54, 1.807) is 42.2 Å². The lowest BCUT2D eigenvalue weighted by atomic mass is 10.0. The number of phenolic OH excluding ortho intramolecular Hbond substituents is 1. The Bertz CT molecular complexity index is 730. The number of benzene rings is 1. The van der Waals surface area contributed by atoms with Crippen LogP contribution in [0.5, 0.6) is 11.5 Å². The van der Waals surface area contributed by atoms with E-state index in [0.717, 1.165) is 5.56 Å². The molecule has 5 nitrogen and oxygen atoms in total. The number of hydrogen-bond acceptors (Lipinski definition) is 4. The maximum absolute atomic E-state index is 12.0. The lowest BCUT2D eigenvalue weighted by Crippen LogP contribution is -1.93. The topological polar surface area (TPSA) is 64.4 Å². The van der Waals surface area contributed by atoms with E-state index >= 15 is 0 Å². The third-order valence-corrected chi connectivity index (χ3v) is 3.18. The molecule has 0 fully saturated rings. The SMILES string of the molecule is C=CCc1cc(/C=C/C(=O)c2cnn(C)c2)cc(OC)c1O. The highest BCUT2D eigenvalue weighted by molar-refractivity contribution is 6.06. The Labute approximate surface area is 129 Å². The average Bonchev–Trinajstić information content (AvgIpc) is 2.94. The van der Waals surface area contributed by atoms with E-state index in [2.05, 4.69) is 11.7 Å². The van der Waals surface area contributed by atoms with Crippen molar-refractivity contribution in [2.45, 2.75) is 6.42 Å². The van der Waals surface area contributed by atoms with Crippen LogP contribution in [-0.4, -0.2) is 27.8 Å². The molecule has 0 radical (unpaired) electrons. The zero-order valence-electron chi connectivity index (χ0n) is 12.6. The van der Waals surface area contributed by atoms with E-state index in [1.807, 2.05) is 0 Å². The molecular formula is C17H18N2O3. The number of ketones is 1. The van der Waals surface area contributed by atoms with Crippen LogP contribution in [0.1, 0.15) is 21.5 Å². The summed E-state index contributed by atoms with van der Waals surface area (Å²) in [7, 11) is 3.24. The van der Waals surface area contributed by atoms with Crippen LogP contribution < -0.4 is 4.74 Å². The molecule has 0 saturated carbocycles. The minimum absolute atomic E-state index is 0.0955. The quantitative estimate of drug-likeness (QED) is 0.506. The second-order valence-electron chi connectivity index (χ2n) is 4.82. The monoisotopic (exact) mass is 298 g/mol. The molecule has 114 valence electrons. The van der Waals surface area contributed by atoms with Crippen LogP contribution in [-0.2, 0) is 13.5 Å². The standard InChI is InChI=1S/C17H18N2O3/c1-4-5-13-8-12(9-16(22-3)17(13)21)6-7-15(20)14-10-18-19(2)11-14/h4,6-11,21H,1,5H2,2-3H3/b7-6+. The molecule has 0 atom stereocenters. The predicted molar refractivity (Wildman–Crippen MR) is 85.1 cm³/mol. The molecule has 0 unspecified atom stereocenters. The van der Waals surface area contributed by atoms with Gasteiger partial charge in [0, 0.05) is 18.8 Å². The molecule has 1 N–H and O–H groups in total. The van der Waals surface area contributed by atoms with Crippen molar-refractivity contribution >= 4 is 11.9 Å². The van der Waals surface area contributed by atoms with Crippen LogP contribution in [0, 0.1) is 0 Å². The van der Waals surface area contributed by atoms with Gasteiger partial charge in [-0.05, 0) is 30.2 Å². The zero-order chi connectivity index (χ0) is 16.1. The fourth-order valence-corrected chi connectivity index (χ4v) is 2.07. The summed E-state index contributed by atoms with van der Waals surface area (Å²) < 4.78 is 6.73. The fraction of sp³-hybridized carbons (Fsp3) is 0.176. The van der Waals surface area contributed by atoms with Gasteiger partial charge in [-0.15, -0.1) is 6.58 Å². The van der Waals surface area contributed by atoms with Gasteiger partial charge < -0.3 is 9.84 Å². The summed E-state index contributed by atoms with van der Waals surface area (Å²) in [6, 6.07) is 3.47. The molecule has 22 heavy (non-hydrogen) atoms. The highest BCUT2D eigenvalue weighted by Gasteiger charge is 2.09. The van der Waals surface area contributed by atoms with E-state index < -0.39 is 0 Å². The van der Waals surface area contributed by atoms with Gasteiger partial charge in [0.25, 0.3) is 0 Å². The summed E-state index contributed by atoms with van der Waals surface area (Å²) in [5.41, 5.74) is 1.99. The molecule has 0 aliphatic heterocycles. The molecule has 0 aliphatic carbocycles. The first kappa shape index (κ1) is 15.6. The van der Waals surface area contributed by atoms with Gasteiger partial charge in [0.15, 0.2) is 17.3 Å². The molecule has 0 bridgehead atoms. The molecule has 5 heteroatoms. The number of hydrogen-bond donors (Lipinski definition) is 1. The Morgan fingerprint density at radius 2 is 2.27 bits per heavy atom. The smallest absolute Gasteiger partial charge is 0.189 e. The number of phenols is 1. The van der Waals surface area contributed by atoms with Gasteiger partial charge in [0.1, 0.15) is 0 Å². The molecule has 0 aliphatic rings. The van der Waals surface area contributed by atoms with Gasteiger partial charge in [-0.1, -0.05) is 12.2 Å². The Balaban J connectivity index is 2.28. The second kappa shape index (κ2) is 6.76. The molecule has 0 amide bonds. The second-order valence-corrected chi connectivity index (χ2v) is 4.82. The first-order valence-electron chi connectivity index (χ1n) is 6.77. The Morgan fingerprint density at radius 3 is 2.86 bits per heavy atom. The largest absolute Gasteiger partial charge is 0.504 e. The summed E-state index contributed by atoms with van der Waals surface area (Å²) in [5, 5.41) is 14.0. The first-order valence-corrected chi connectivity index (χ1v) is 6.77.